The third kappa shape index (κ3) is 4.66. The number of methoxy groups -OCH3 is 1. The van der Waals surface area contributed by atoms with Crippen LogP contribution in [0.2, 0.25) is 0 Å². The molecule has 8 heteroatoms. The van der Waals surface area contributed by atoms with Crippen LogP contribution in [0.1, 0.15) is 10.5 Å². The average molecular weight is 455 g/mol. The Morgan fingerprint density at radius 2 is 1.75 bits per heavy atom. The second-order valence-electron chi connectivity index (χ2n) is 7.62. The van der Waals surface area contributed by atoms with E-state index in [2.05, 4.69) is 15.2 Å². The number of ether oxygens (including phenoxy) is 1. The van der Waals surface area contributed by atoms with E-state index in [0.29, 0.717) is 11.3 Å². The molecule has 0 bridgehead atoms. The molecule has 3 aromatic rings. The van der Waals surface area contributed by atoms with Crippen LogP contribution in [0.3, 0.4) is 0 Å². The Kier molecular flexibility index (Phi) is 7.12. The number of anilines is 1. The van der Waals surface area contributed by atoms with Crippen molar-refractivity contribution in [1.82, 2.24) is 14.5 Å². The SMILES string of the molecule is COC(=O)c1c(-c2ccc(F)cc2)c(-c2ccncc2)c(NCCN2CCSCC2)n1C. The average Bonchev–Trinajstić information content (AvgIpc) is 3.12. The van der Waals surface area contributed by atoms with Gasteiger partial charge in [0.05, 0.1) is 7.11 Å². The van der Waals surface area contributed by atoms with Gasteiger partial charge in [-0.05, 0) is 35.4 Å². The van der Waals surface area contributed by atoms with Crippen molar-refractivity contribution in [3.05, 3.63) is 60.3 Å². The van der Waals surface area contributed by atoms with Gasteiger partial charge in [0.15, 0.2) is 0 Å². The van der Waals surface area contributed by atoms with Gasteiger partial charge in [-0.2, -0.15) is 11.8 Å². The van der Waals surface area contributed by atoms with Crippen molar-refractivity contribution in [3.63, 3.8) is 0 Å². The fourth-order valence-corrected chi connectivity index (χ4v) is 5.06. The lowest BCUT2D eigenvalue weighted by atomic mass is 9.96. The maximum Gasteiger partial charge on any atom is 0.355 e. The molecule has 0 atom stereocenters. The first-order chi connectivity index (χ1) is 15.6. The zero-order valence-electron chi connectivity index (χ0n) is 18.3. The number of halogens is 1. The van der Waals surface area contributed by atoms with Gasteiger partial charge in [0.25, 0.3) is 0 Å². The van der Waals surface area contributed by atoms with Crippen molar-refractivity contribution >= 4 is 23.5 Å². The summed E-state index contributed by atoms with van der Waals surface area (Å²) in [6.07, 6.45) is 3.45. The van der Waals surface area contributed by atoms with E-state index in [1.807, 2.05) is 35.5 Å². The highest BCUT2D eigenvalue weighted by Crippen LogP contribution is 2.42. The molecular weight excluding hydrogens is 427 g/mol. The van der Waals surface area contributed by atoms with Crippen molar-refractivity contribution < 1.29 is 13.9 Å². The van der Waals surface area contributed by atoms with Crippen LogP contribution < -0.4 is 5.32 Å². The smallest absolute Gasteiger partial charge is 0.355 e. The molecular formula is C24H27FN4O2S. The predicted octanol–water partition coefficient (Wildman–Crippen LogP) is 4.14. The standard InChI is InChI=1S/C24H27FN4O2S/c1-28-22(24(30)31-2)20(17-3-5-19(25)6-4-17)21(18-7-9-26-10-8-18)23(28)27-11-12-29-13-15-32-16-14-29/h3-10,27H,11-16H2,1-2H3. The summed E-state index contributed by atoms with van der Waals surface area (Å²) < 4.78 is 20.6. The molecule has 0 saturated carbocycles. The van der Waals surface area contributed by atoms with Gasteiger partial charge >= 0.3 is 5.97 Å². The molecule has 2 aromatic heterocycles. The largest absolute Gasteiger partial charge is 0.464 e. The number of esters is 1. The summed E-state index contributed by atoms with van der Waals surface area (Å²) in [6, 6.07) is 10.0. The number of carbonyl (C=O) groups excluding carboxylic acids is 1. The van der Waals surface area contributed by atoms with E-state index in [-0.39, 0.29) is 5.82 Å². The Bertz CT molecular complexity index is 1060. The number of carbonyl (C=O) groups is 1. The molecule has 1 fully saturated rings. The molecule has 1 aliphatic heterocycles. The normalized spacial score (nSPS) is 14.3. The van der Waals surface area contributed by atoms with Gasteiger partial charge in [-0.3, -0.25) is 9.88 Å². The van der Waals surface area contributed by atoms with Crippen molar-refractivity contribution in [3.8, 4) is 22.3 Å². The zero-order chi connectivity index (χ0) is 22.5. The second kappa shape index (κ2) is 10.2. The Balaban J connectivity index is 1.80. The maximum absolute atomic E-state index is 13.7. The van der Waals surface area contributed by atoms with Gasteiger partial charge in [0.2, 0.25) is 0 Å². The van der Waals surface area contributed by atoms with Crippen LogP contribution in [-0.4, -0.2) is 65.2 Å². The number of aromatic nitrogens is 2. The van der Waals surface area contributed by atoms with Gasteiger partial charge in [-0.25, -0.2) is 9.18 Å². The van der Waals surface area contributed by atoms with Crippen LogP contribution in [0.5, 0.6) is 0 Å². The lowest BCUT2D eigenvalue weighted by Gasteiger charge is -2.26. The van der Waals surface area contributed by atoms with E-state index in [9.17, 15) is 9.18 Å². The molecule has 1 saturated heterocycles. The van der Waals surface area contributed by atoms with E-state index >= 15 is 0 Å². The van der Waals surface area contributed by atoms with Crippen LogP contribution in [0.4, 0.5) is 10.2 Å². The molecule has 4 rings (SSSR count). The van der Waals surface area contributed by atoms with E-state index in [1.54, 1.807) is 24.5 Å². The molecule has 0 spiro atoms. The lowest BCUT2D eigenvalue weighted by Crippen LogP contribution is -2.36. The summed E-state index contributed by atoms with van der Waals surface area (Å²) >= 11 is 1.99. The molecule has 168 valence electrons. The van der Waals surface area contributed by atoms with Crippen molar-refractivity contribution in [1.29, 1.82) is 0 Å². The Labute approximate surface area is 191 Å². The third-order valence-electron chi connectivity index (χ3n) is 5.70. The van der Waals surface area contributed by atoms with Crippen LogP contribution >= 0.6 is 11.8 Å². The highest BCUT2D eigenvalue weighted by Gasteiger charge is 2.28. The van der Waals surface area contributed by atoms with Gasteiger partial charge in [-0.15, -0.1) is 0 Å². The molecule has 1 N–H and O–H groups in total. The first-order valence-corrected chi connectivity index (χ1v) is 11.8. The molecule has 0 unspecified atom stereocenters. The number of hydrogen-bond donors (Lipinski definition) is 1. The van der Waals surface area contributed by atoms with Gasteiger partial charge in [0.1, 0.15) is 17.3 Å². The molecule has 0 radical (unpaired) electrons. The van der Waals surface area contributed by atoms with E-state index in [0.717, 1.165) is 60.2 Å². The molecule has 32 heavy (non-hydrogen) atoms. The van der Waals surface area contributed by atoms with Crippen LogP contribution in [0, 0.1) is 5.82 Å². The minimum atomic E-state index is -0.441. The summed E-state index contributed by atoms with van der Waals surface area (Å²) in [4.78, 5) is 19.4. The van der Waals surface area contributed by atoms with Crippen LogP contribution in [0.15, 0.2) is 48.8 Å². The van der Waals surface area contributed by atoms with Crippen molar-refractivity contribution in [2.75, 3.05) is 50.1 Å². The Morgan fingerprint density at radius 3 is 2.41 bits per heavy atom. The lowest BCUT2D eigenvalue weighted by molar-refractivity contribution is 0.0591. The quantitative estimate of drug-likeness (QED) is 0.542. The minimum absolute atomic E-state index is 0.326. The van der Waals surface area contributed by atoms with Gasteiger partial charge in [-0.1, -0.05) is 12.1 Å². The third-order valence-corrected chi connectivity index (χ3v) is 6.64. The topological polar surface area (TPSA) is 59.4 Å². The van der Waals surface area contributed by atoms with E-state index in [4.69, 9.17) is 4.74 Å². The van der Waals surface area contributed by atoms with Gasteiger partial charge < -0.3 is 14.6 Å². The maximum atomic E-state index is 13.7. The highest BCUT2D eigenvalue weighted by atomic mass is 32.2. The summed E-state index contributed by atoms with van der Waals surface area (Å²) in [5, 5.41) is 3.56. The summed E-state index contributed by atoms with van der Waals surface area (Å²) in [7, 11) is 3.22. The van der Waals surface area contributed by atoms with E-state index in [1.165, 1.54) is 19.2 Å². The van der Waals surface area contributed by atoms with Crippen LogP contribution in [-0.2, 0) is 11.8 Å². The fourth-order valence-electron chi connectivity index (χ4n) is 4.08. The number of rotatable bonds is 7. The van der Waals surface area contributed by atoms with Crippen molar-refractivity contribution in [2.24, 2.45) is 7.05 Å². The monoisotopic (exact) mass is 454 g/mol. The highest BCUT2D eigenvalue weighted by molar-refractivity contribution is 7.99. The minimum Gasteiger partial charge on any atom is -0.464 e. The molecule has 3 heterocycles. The second-order valence-corrected chi connectivity index (χ2v) is 8.85. The predicted molar refractivity (Wildman–Crippen MR) is 128 cm³/mol. The number of nitrogens with one attached hydrogen (secondary N) is 1. The number of benzene rings is 1. The number of hydrogen-bond acceptors (Lipinski definition) is 6. The molecule has 1 aromatic carbocycles. The Morgan fingerprint density at radius 1 is 1.09 bits per heavy atom. The number of thioether (sulfide) groups is 1. The Hall–Kier alpha value is -2.84. The molecule has 0 amide bonds. The van der Waals surface area contributed by atoms with Crippen LogP contribution in [0.25, 0.3) is 22.3 Å². The molecule has 1 aliphatic rings. The van der Waals surface area contributed by atoms with E-state index < -0.39 is 5.97 Å². The first-order valence-electron chi connectivity index (χ1n) is 10.6. The molecule has 0 aliphatic carbocycles. The van der Waals surface area contributed by atoms with Crippen molar-refractivity contribution in [2.45, 2.75) is 0 Å². The summed E-state index contributed by atoms with van der Waals surface area (Å²) in [5.41, 5.74) is 3.67. The summed E-state index contributed by atoms with van der Waals surface area (Å²) in [6.45, 7) is 3.83. The first kappa shape index (κ1) is 22.4. The summed E-state index contributed by atoms with van der Waals surface area (Å²) in [5.74, 6) is 2.37. The number of nitrogens with zero attached hydrogens (tertiary/aromatic N) is 3. The fraction of sp³-hybridized carbons (Fsp3) is 0.333. The van der Waals surface area contributed by atoms with Gasteiger partial charge in [0, 0.05) is 68.3 Å². The zero-order valence-corrected chi connectivity index (χ0v) is 19.1. The number of pyridine rings is 1. The molecule has 6 nitrogen and oxygen atoms in total.